The van der Waals surface area contributed by atoms with Crippen molar-refractivity contribution in [2.45, 2.75) is 76.3 Å². The van der Waals surface area contributed by atoms with E-state index in [9.17, 15) is 19.5 Å². The highest BCUT2D eigenvalue weighted by Crippen LogP contribution is 2.59. The number of likely N-dealkylation sites (tertiary alicyclic amines) is 1. The number of fused-ring (bicyclic) bond motifs is 2. The molecule has 1 spiro atoms. The lowest BCUT2D eigenvalue weighted by atomic mass is 9.74. The van der Waals surface area contributed by atoms with Crippen LogP contribution in [-0.4, -0.2) is 89.1 Å². The molecule has 4 aliphatic heterocycles. The number of para-hydroxylation sites is 1. The summed E-state index contributed by atoms with van der Waals surface area (Å²) in [5.41, 5.74) is 1.82. The van der Waals surface area contributed by atoms with Crippen molar-refractivity contribution in [1.82, 2.24) is 9.80 Å². The summed E-state index contributed by atoms with van der Waals surface area (Å²) in [6, 6.07) is 13.5. The van der Waals surface area contributed by atoms with Crippen LogP contribution in [0.5, 0.6) is 0 Å². The molecule has 0 saturated carbocycles. The molecule has 11 heteroatoms. The lowest BCUT2D eigenvalue weighted by Gasteiger charge is -2.36. The van der Waals surface area contributed by atoms with Gasteiger partial charge in [-0.15, -0.1) is 0 Å². The Kier molecular flexibility index (Phi) is 10.2. The second kappa shape index (κ2) is 14.2. The Bertz CT molecular complexity index is 1660. The van der Waals surface area contributed by atoms with Crippen molar-refractivity contribution >= 4 is 45.3 Å². The molecule has 4 heterocycles. The number of carbonyl (C=O) groups is 4. The van der Waals surface area contributed by atoms with Crippen LogP contribution < -0.4 is 4.90 Å². The van der Waals surface area contributed by atoms with E-state index >= 15 is 4.79 Å². The van der Waals surface area contributed by atoms with E-state index < -0.39 is 47.7 Å². The van der Waals surface area contributed by atoms with E-state index in [1.807, 2.05) is 81.5 Å². The summed E-state index contributed by atoms with van der Waals surface area (Å²) >= 11 is 3.63. The van der Waals surface area contributed by atoms with Crippen LogP contribution in [0.1, 0.15) is 55.4 Å². The quantitative estimate of drug-likeness (QED) is 0.259. The molecule has 2 aromatic rings. The molecule has 5 bridgehead atoms. The van der Waals surface area contributed by atoms with Gasteiger partial charge in [-0.2, -0.15) is 0 Å². The number of aliphatic hydroxyl groups is 1. The standard InChI is InChI=1S/C38H44BrN3O7/c1-23-14-13-15-24(2)31(23)41-19-10-6-9-18-28(44)40(4)25(3)32(26-16-7-5-8-17-26)48-37(47)29-30-35(45)42(20-11-12-21-43)34(36(41)46)38(30)22-27(39)33(29)49-38/h5-8,10,13-17,22,25,29-30,32-34,43H,9,11-12,18-21H2,1-4H3/b10-6-/t25-,29+,30-,32+,33+,34+,38-/m0/s1. The fourth-order valence-electron chi connectivity index (χ4n) is 7.97. The minimum Gasteiger partial charge on any atom is -0.455 e. The first kappa shape index (κ1) is 35.0. The van der Waals surface area contributed by atoms with Gasteiger partial charge >= 0.3 is 5.97 Å². The van der Waals surface area contributed by atoms with Crippen molar-refractivity contribution in [1.29, 1.82) is 0 Å². The molecule has 1 N–H and O–H groups in total. The van der Waals surface area contributed by atoms with Crippen molar-refractivity contribution in [2.75, 3.05) is 31.6 Å². The third-order valence-corrected chi connectivity index (χ3v) is 11.2. The molecular weight excluding hydrogens is 690 g/mol. The van der Waals surface area contributed by atoms with Gasteiger partial charge in [0.25, 0.3) is 5.91 Å². The highest BCUT2D eigenvalue weighted by molar-refractivity contribution is 9.11. The number of ether oxygens (including phenoxy) is 2. The number of nitrogens with zero attached hydrogens (tertiary/aromatic N) is 3. The van der Waals surface area contributed by atoms with E-state index in [4.69, 9.17) is 9.47 Å². The number of benzene rings is 2. The van der Waals surface area contributed by atoms with Gasteiger partial charge in [0, 0.05) is 43.3 Å². The number of allylic oxidation sites excluding steroid dienone is 1. The number of rotatable bonds is 6. The van der Waals surface area contributed by atoms with Crippen molar-refractivity contribution in [3.8, 4) is 0 Å². The van der Waals surface area contributed by atoms with Crippen LogP contribution in [0.2, 0.25) is 0 Å². The number of aliphatic hydroxyl groups excluding tert-OH is 1. The molecular formula is C38H44BrN3O7. The smallest absolute Gasteiger partial charge is 0.313 e. The van der Waals surface area contributed by atoms with Gasteiger partial charge in [0.1, 0.15) is 29.8 Å². The molecule has 7 atom stereocenters. The van der Waals surface area contributed by atoms with Gasteiger partial charge in [-0.1, -0.05) is 76.6 Å². The zero-order chi connectivity index (χ0) is 35.0. The maximum Gasteiger partial charge on any atom is 0.313 e. The largest absolute Gasteiger partial charge is 0.455 e. The third-order valence-electron chi connectivity index (χ3n) is 10.5. The Balaban J connectivity index is 1.49. The zero-order valence-corrected chi connectivity index (χ0v) is 30.0. The summed E-state index contributed by atoms with van der Waals surface area (Å²) < 4.78 is 13.6. The topological polar surface area (TPSA) is 117 Å². The van der Waals surface area contributed by atoms with Crippen molar-refractivity contribution in [3.63, 3.8) is 0 Å². The van der Waals surface area contributed by atoms with Crippen molar-refractivity contribution < 1.29 is 33.8 Å². The number of unbranched alkanes of at least 4 members (excludes halogenated alkanes) is 1. The van der Waals surface area contributed by atoms with Gasteiger partial charge < -0.3 is 29.3 Å². The molecule has 4 aliphatic rings. The number of amides is 3. The molecule has 6 rings (SSSR count). The first-order chi connectivity index (χ1) is 23.5. The SMILES string of the molecule is Cc1cccc(C)c1N1C/C=C\CCC(=O)N(C)[C@@H](C)[C@H](c2ccccc2)OC(=O)[C@H]2[C@@H]3O[C@@]4(C=C3Br)[C@@H]2C(=O)N(CCCCO)[C@@H]4C1=O. The lowest BCUT2D eigenvalue weighted by molar-refractivity contribution is -0.164. The summed E-state index contributed by atoms with van der Waals surface area (Å²) in [7, 11) is 1.71. The van der Waals surface area contributed by atoms with E-state index in [1.54, 1.807) is 27.8 Å². The molecule has 49 heavy (non-hydrogen) atoms. The van der Waals surface area contributed by atoms with Gasteiger partial charge in [-0.25, -0.2) is 0 Å². The number of carbonyl (C=O) groups excluding carboxylic acids is 4. The fourth-order valence-corrected chi connectivity index (χ4v) is 8.71. The number of halogens is 1. The van der Waals surface area contributed by atoms with Crippen LogP contribution >= 0.6 is 15.9 Å². The summed E-state index contributed by atoms with van der Waals surface area (Å²) in [6.07, 6.45) is 5.55. The molecule has 0 aliphatic carbocycles. The van der Waals surface area contributed by atoms with Gasteiger partial charge in [0.2, 0.25) is 11.8 Å². The Morgan fingerprint density at radius 1 is 0.939 bits per heavy atom. The number of anilines is 1. The second-order valence-corrected chi connectivity index (χ2v) is 14.4. The van der Waals surface area contributed by atoms with Crippen LogP contribution in [-0.2, 0) is 28.7 Å². The van der Waals surface area contributed by atoms with Crippen LogP contribution in [0.3, 0.4) is 0 Å². The number of cyclic esters (lactones) is 1. The second-order valence-electron chi connectivity index (χ2n) is 13.5. The molecule has 260 valence electrons. The molecule has 10 nitrogen and oxygen atoms in total. The van der Waals surface area contributed by atoms with Gasteiger partial charge in [0.05, 0.1) is 12.0 Å². The number of hydrogen-bond acceptors (Lipinski definition) is 7. The van der Waals surface area contributed by atoms with E-state index in [1.165, 1.54) is 0 Å². The van der Waals surface area contributed by atoms with E-state index in [2.05, 4.69) is 15.9 Å². The first-order valence-electron chi connectivity index (χ1n) is 17.0. The Morgan fingerprint density at radius 3 is 2.35 bits per heavy atom. The molecule has 3 amide bonds. The predicted octanol–water partition coefficient (Wildman–Crippen LogP) is 4.76. The van der Waals surface area contributed by atoms with Crippen LogP contribution in [0, 0.1) is 25.7 Å². The first-order valence-corrected chi connectivity index (χ1v) is 17.8. The molecule has 0 radical (unpaired) electrons. The monoisotopic (exact) mass is 733 g/mol. The predicted molar refractivity (Wildman–Crippen MR) is 188 cm³/mol. The summed E-state index contributed by atoms with van der Waals surface area (Å²) in [4.78, 5) is 62.5. The van der Waals surface area contributed by atoms with Crippen LogP contribution in [0.25, 0.3) is 0 Å². The maximum absolute atomic E-state index is 15.1. The van der Waals surface area contributed by atoms with E-state index in [-0.39, 0.29) is 43.8 Å². The highest BCUT2D eigenvalue weighted by Gasteiger charge is 2.75. The maximum atomic E-state index is 15.1. The van der Waals surface area contributed by atoms with Gasteiger partial charge in [0.15, 0.2) is 0 Å². The number of hydrogen-bond donors (Lipinski definition) is 1. The Labute approximate surface area is 295 Å². The van der Waals surface area contributed by atoms with Crippen molar-refractivity contribution in [2.24, 2.45) is 11.8 Å². The van der Waals surface area contributed by atoms with E-state index in [0.717, 1.165) is 22.4 Å². The number of aryl methyl sites for hydroxylation is 2. The summed E-state index contributed by atoms with van der Waals surface area (Å²) in [5, 5.41) is 9.58. The van der Waals surface area contributed by atoms with Crippen LogP contribution in [0.15, 0.2) is 71.2 Å². The fraction of sp³-hybridized carbons (Fsp3) is 0.474. The number of likely N-dealkylation sites (N-methyl/N-ethyl adjacent to an activating group) is 1. The average Bonchev–Trinajstić information content (AvgIpc) is 3.68. The van der Waals surface area contributed by atoms with E-state index in [0.29, 0.717) is 23.7 Å². The molecule has 2 fully saturated rings. The normalized spacial score (nSPS) is 31.2. The summed E-state index contributed by atoms with van der Waals surface area (Å²) in [5.74, 6) is -3.46. The molecule has 2 saturated heterocycles. The highest BCUT2D eigenvalue weighted by atomic mass is 79.9. The van der Waals surface area contributed by atoms with Gasteiger partial charge in [-0.05, 0) is 62.8 Å². The minimum absolute atomic E-state index is 0.0521. The van der Waals surface area contributed by atoms with Gasteiger partial charge in [-0.3, -0.25) is 19.2 Å². The molecule has 0 aromatic heterocycles. The number of esters is 1. The Hall–Kier alpha value is -3.80. The molecule has 2 aromatic carbocycles. The Morgan fingerprint density at radius 2 is 1.65 bits per heavy atom. The third kappa shape index (κ3) is 6.14. The average molecular weight is 735 g/mol. The van der Waals surface area contributed by atoms with Crippen LogP contribution in [0.4, 0.5) is 5.69 Å². The molecule has 0 unspecified atom stereocenters. The van der Waals surface area contributed by atoms with Crippen molar-refractivity contribution in [3.05, 3.63) is 87.9 Å². The summed E-state index contributed by atoms with van der Waals surface area (Å²) in [6.45, 7) is 6.10. The minimum atomic E-state index is -1.42. The zero-order valence-electron chi connectivity index (χ0n) is 28.4. The lowest BCUT2D eigenvalue weighted by Crippen LogP contribution is -2.56.